The van der Waals surface area contributed by atoms with E-state index in [0.717, 1.165) is 37.1 Å². The molecule has 0 aliphatic heterocycles. The zero-order valence-electron chi connectivity index (χ0n) is 14.1. The highest BCUT2D eigenvalue weighted by Crippen LogP contribution is 2.43. The molecule has 0 bridgehead atoms. The van der Waals surface area contributed by atoms with E-state index in [1.807, 2.05) is 0 Å². The van der Waals surface area contributed by atoms with Crippen molar-refractivity contribution in [1.82, 2.24) is 0 Å². The largest absolute Gasteiger partial charge is 0.317 e. The summed E-state index contributed by atoms with van der Waals surface area (Å²) < 4.78 is 0. The lowest BCUT2D eigenvalue weighted by molar-refractivity contribution is -0.116. The Morgan fingerprint density at radius 2 is 2.18 bits per heavy atom. The first kappa shape index (κ1) is 17.0. The fourth-order valence-corrected chi connectivity index (χ4v) is 4.35. The summed E-state index contributed by atoms with van der Waals surface area (Å²) in [7, 11) is 0. The molecule has 0 fully saturated rings. The van der Waals surface area contributed by atoms with Crippen molar-refractivity contribution in [3.63, 3.8) is 0 Å². The fraction of sp³-hybridized carbons (Fsp3) is 0.667. The van der Waals surface area contributed by atoms with Gasteiger partial charge in [0.25, 0.3) is 0 Å². The number of carbonyl (C=O) groups is 1. The van der Waals surface area contributed by atoms with Crippen LogP contribution in [-0.4, -0.2) is 5.91 Å². The van der Waals surface area contributed by atoms with E-state index in [1.165, 1.54) is 10.4 Å². The summed E-state index contributed by atoms with van der Waals surface area (Å²) in [6, 6.07) is 2.31. The Hall–Kier alpha value is -1.34. The molecule has 0 saturated carbocycles. The summed E-state index contributed by atoms with van der Waals surface area (Å²) in [5, 5.41) is 13.2. The van der Waals surface area contributed by atoms with Crippen LogP contribution >= 0.6 is 11.3 Å². The van der Waals surface area contributed by atoms with Gasteiger partial charge >= 0.3 is 0 Å². The number of nitrogens with one attached hydrogen (secondary N) is 1. The van der Waals surface area contributed by atoms with Gasteiger partial charge in [0, 0.05) is 11.3 Å². The summed E-state index contributed by atoms with van der Waals surface area (Å²) in [4.78, 5) is 13.3. The molecule has 1 atom stereocenters. The number of nitrogens with zero attached hydrogens (tertiary/aromatic N) is 1. The van der Waals surface area contributed by atoms with Crippen LogP contribution in [-0.2, 0) is 17.6 Å². The number of hydrogen-bond acceptors (Lipinski definition) is 3. The number of anilines is 1. The molecular weight excluding hydrogens is 292 g/mol. The number of carbonyl (C=O) groups excluding carboxylic acids is 1. The summed E-state index contributed by atoms with van der Waals surface area (Å²) >= 11 is 1.61. The van der Waals surface area contributed by atoms with Crippen molar-refractivity contribution in [2.24, 2.45) is 11.3 Å². The van der Waals surface area contributed by atoms with Crippen LogP contribution in [0.4, 0.5) is 5.00 Å². The van der Waals surface area contributed by atoms with Crippen LogP contribution in [0.25, 0.3) is 0 Å². The Morgan fingerprint density at radius 3 is 2.77 bits per heavy atom. The van der Waals surface area contributed by atoms with Gasteiger partial charge in [-0.3, -0.25) is 4.79 Å². The molecule has 120 valence electrons. The van der Waals surface area contributed by atoms with Crippen LogP contribution in [0.5, 0.6) is 0 Å². The van der Waals surface area contributed by atoms with Gasteiger partial charge < -0.3 is 5.32 Å². The average molecular weight is 318 g/mol. The zero-order chi connectivity index (χ0) is 16.3. The summed E-state index contributed by atoms with van der Waals surface area (Å²) in [6.07, 6.45) is 5.56. The number of amides is 1. The van der Waals surface area contributed by atoms with Crippen LogP contribution in [0.3, 0.4) is 0 Å². The van der Waals surface area contributed by atoms with E-state index in [0.29, 0.717) is 23.3 Å². The molecule has 1 unspecified atom stereocenters. The molecule has 1 N–H and O–H groups in total. The van der Waals surface area contributed by atoms with Gasteiger partial charge in [-0.2, -0.15) is 5.26 Å². The first-order chi connectivity index (χ1) is 10.4. The van der Waals surface area contributed by atoms with Gasteiger partial charge in [0.2, 0.25) is 5.91 Å². The molecule has 1 aromatic rings. The van der Waals surface area contributed by atoms with Gasteiger partial charge in [-0.25, -0.2) is 0 Å². The highest BCUT2D eigenvalue weighted by Gasteiger charge is 2.32. The second-order valence-electron chi connectivity index (χ2n) is 7.28. The lowest BCUT2D eigenvalue weighted by atomic mass is 9.72. The first-order valence-electron chi connectivity index (χ1n) is 8.21. The molecular formula is C18H26N2OS. The second kappa shape index (κ2) is 6.83. The number of hydrogen-bond donors (Lipinski definition) is 1. The smallest absolute Gasteiger partial charge is 0.225 e. The van der Waals surface area contributed by atoms with Crippen LogP contribution < -0.4 is 5.32 Å². The Bertz CT molecular complexity index is 589. The minimum absolute atomic E-state index is 0.0318. The SMILES string of the molecule is CCCCC(=O)Nc1sc2c(c1C#N)CCC(C(C)(C)C)C2. The number of unbranched alkanes of at least 4 members (excludes halogenated alkanes) is 1. The van der Waals surface area contributed by atoms with E-state index in [-0.39, 0.29) is 5.91 Å². The minimum atomic E-state index is 0.0318. The molecule has 0 spiro atoms. The number of thiophene rings is 1. The predicted molar refractivity (Wildman–Crippen MR) is 92.2 cm³/mol. The lowest BCUT2D eigenvalue weighted by Crippen LogP contribution is -2.26. The maximum atomic E-state index is 12.0. The summed E-state index contributed by atoms with van der Waals surface area (Å²) in [6.45, 7) is 8.93. The average Bonchev–Trinajstić information content (AvgIpc) is 2.80. The van der Waals surface area contributed by atoms with Gasteiger partial charge in [-0.1, -0.05) is 34.1 Å². The molecule has 1 aliphatic carbocycles. The van der Waals surface area contributed by atoms with E-state index < -0.39 is 0 Å². The van der Waals surface area contributed by atoms with Gasteiger partial charge in [-0.15, -0.1) is 11.3 Å². The number of fused-ring (bicyclic) bond motifs is 1. The second-order valence-corrected chi connectivity index (χ2v) is 8.38. The third-order valence-corrected chi connectivity index (χ3v) is 5.78. The Labute approximate surface area is 137 Å². The molecule has 3 nitrogen and oxygen atoms in total. The van der Waals surface area contributed by atoms with E-state index in [4.69, 9.17) is 0 Å². The molecule has 1 aliphatic rings. The van der Waals surface area contributed by atoms with E-state index in [1.54, 1.807) is 11.3 Å². The van der Waals surface area contributed by atoms with Crippen molar-refractivity contribution in [3.8, 4) is 6.07 Å². The van der Waals surface area contributed by atoms with Crippen molar-refractivity contribution in [2.75, 3.05) is 5.32 Å². The Kier molecular flexibility index (Phi) is 5.28. The summed E-state index contributed by atoms with van der Waals surface area (Å²) in [5.41, 5.74) is 2.18. The highest BCUT2D eigenvalue weighted by atomic mass is 32.1. The molecule has 22 heavy (non-hydrogen) atoms. The monoisotopic (exact) mass is 318 g/mol. The summed E-state index contributed by atoms with van der Waals surface area (Å²) in [5.74, 6) is 0.679. The zero-order valence-corrected chi connectivity index (χ0v) is 14.9. The van der Waals surface area contributed by atoms with E-state index in [9.17, 15) is 10.1 Å². The lowest BCUT2D eigenvalue weighted by Gasteiger charge is -2.33. The third-order valence-electron chi connectivity index (χ3n) is 4.61. The molecule has 4 heteroatoms. The van der Waals surface area contributed by atoms with Gasteiger partial charge in [0.1, 0.15) is 11.1 Å². The third kappa shape index (κ3) is 3.70. The topological polar surface area (TPSA) is 52.9 Å². The van der Waals surface area contributed by atoms with Gasteiger partial charge in [0.15, 0.2) is 0 Å². The van der Waals surface area contributed by atoms with Crippen molar-refractivity contribution in [2.45, 2.75) is 66.2 Å². The quantitative estimate of drug-likeness (QED) is 0.858. The van der Waals surface area contributed by atoms with Gasteiger partial charge in [0.05, 0.1) is 5.56 Å². The molecule has 1 amide bonds. The normalized spacial score (nSPS) is 17.7. The van der Waals surface area contributed by atoms with Crippen molar-refractivity contribution in [1.29, 1.82) is 5.26 Å². The number of rotatable bonds is 4. The van der Waals surface area contributed by atoms with Crippen molar-refractivity contribution >= 4 is 22.2 Å². The highest BCUT2D eigenvalue weighted by molar-refractivity contribution is 7.16. The fourth-order valence-electron chi connectivity index (χ4n) is 3.06. The molecule has 1 heterocycles. The predicted octanol–water partition coefficient (Wildman–Crippen LogP) is 4.90. The standard InChI is InChI=1S/C18H26N2OS/c1-5-6-7-16(21)20-17-14(11-19)13-9-8-12(18(2,3)4)10-15(13)22-17/h12H,5-10H2,1-4H3,(H,20,21). The molecule has 0 radical (unpaired) electrons. The molecule has 2 rings (SSSR count). The van der Waals surface area contributed by atoms with Crippen LogP contribution in [0.2, 0.25) is 0 Å². The van der Waals surface area contributed by atoms with E-state index >= 15 is 0 Å². The van der Waals surface area contributed by atoms with Crippen LogP contribution in [0.1, 0.15) is 69.4 Å². The Balaban J connectivity index is 2.20. The first-order valence-corrected chi connectivity index (χ1v) is 9.03. The maximum absolute atomic E-state index is 12.0. The van der Waals surface area contributed by atoms with Crippen LogP contribution in [0, 0.1) is 22.7 Å². The van der Waals surface area contributed by atoms with Crippen molar-refractivity contribution in [3.05, 3.63) is 16.0 Å². The van der Waals surface area contributed by atoms with Crippen molar-refractivity contribution < 1.29 is 4.79 Å². The number of nitriles is 1. The van der Waals surface area contributed by atoms with E-state index in [2.05, 4.69) is 39.1 Å². The maximum Gasteiger partial charge on any atom is 0.225 e. The van der Waals surface area contributed by atoms with Crippen LogP contribution in [0.15, 0.2) is 0 Å². The molecule has 0 aromatic carbocycles. The molecule has 0 saturated heterocycles. The molecule has 1 aromatic heterocycles. The minimum Gasteiger partial charge on any atom is -0.317 e. The van der Waals surface area contributed by atoms with Gasteiger partial charge in [-0.05, 0) is 42.6 Å². The Morgan fingerprint density at radius 1 is 1.45 bits per heavy atom.